The number of nitrogens with one attached hydrogen (secondary N) is 1. The third kappa shape index (κ3) is 2.05. The maximum Gasteiger partial charge on any atom is 0.0249 e. The van der Waals surface area contributed by atoms with E-state index in [9.17, 15) is 0 Å². The van der Waals surface area contributed by atoms with Crippen molar-refractivity contribution in [1.82, 2.24) is 10.2 Å². The van der Waals surface area contributed by atoms with Gasteiger partial charge in [-0.3, -0.25) is 0 Å². The summed E-state index contributed by atoms with van der Waals surface area (Å²) in [5, 5.41) is 3.37. The van der Waals surface area contributed by atoms with Crippen LogP contribution in [0.4, 0.5) is 0 Å². The number of hydrogen-bond acceptors (Lipinski definition) is 2. The zero-order valence-corrected chi connectivity index (χ0v) is 9.19. The van der Waals surface area contributed by atoms with Crippen molar-refractivity contribution < 1.29 is 0 Å². The van der Waals surface area contributed by atoms with Gasteiger partial charge in [0, 0.05) is 18.6 Å². The topological polar surface area (TPSA) is 15.3 Å². The maximum atomic E-state index is 3.37. The predicted molar refractivity (Wildman–Crippen MR) is 55.9 cm³/mol. The molecule has 2 rings (SSSR count). The Morgan fingerprint density at radius 1 is 1.31 bits per heavy atom. The van der Waals surface area contributed by atoms with Gasteiger partial charge in [-0.15, -0.1) is 0 Å². The van der Waals surface area contributed by atoms with Crippen LogP contribution in [0.2, 0.25) is 0 Å². The molecule has 1 saturated carbocycles. The van der Waals surface area contributed by atoms with E-state index in [1.807, 2.05) is 0 Å². The van der Waals surface area contributed by atoms with Crippen LogP contribution in [-0.2, 0) is 0 Å². The van der Waals surface area contributed by atoms with E-state index >= 15 is 0 Å². The summed E-state index contributed by atoms with van der Waals surface area (Å²) in [5.41, 5.74) is 1.06. The zero-order valence-electron chi connectivity index (χ0n) is 9.19. The summed E-state index contributed by atoms with van der Waals surface area (Å²) in [4.78, 5) is 2.63. The molecule has 1 saturated heterocycles. The minimum Gasteiger partial charge on any atom is -0.314 e. The van der Waals surface area contributed by atoms with E-state index in [4.69, 9.17) is 0 Å². The van der Waals surface area contributed by atoms with Gasteiger partial charge >= 0.3 is 0 Å². The molecule has 0 aromatic rings. The minimum absolute atomic E-state index is 0.278. The molecule has 0 aromatic carbocycles. The van der Waals surface area contributed by atoms with Gasteiger partial charge in [-0.05, 0) is 52.1 Å². The van der Waals surface area contributed by atoms with Gasteiger partial charge in [-0.25, -0.2) is 0 Å². The summed E-state index contributed by atoms with van der Waals surface area (Å²) < 4.78 is 0. The monoisotopic (exact) mass is 182 g/mol. The lowest BCUT2D eigenvalue weighted by Crippen LogP contribution is -2.46. The molecule has 76 valence electrons. The van der Waals surface area contributed by atoms with Gasteiger partial charge in [0.15, 0.2) is 0 Å². The molecule has 0 aromatic heterocycles. The highest BCUT2D eigenvalue weighted by Gasteiger charge is 2.47. The Kier molecular flexibility index (Phi) is 2.16. The lowest BCUT2D eigenvalue weighted by molar-refractivity contribution is 0.236. The van der Waals surface area contributed by atoms with Crippen LogP contribution in [-0.4, -0.2) is 37.1 Å². The van der Waals surface area contributed by atoms with Crippen LogP contribution in [0.5, 0.6) is 0 Å². The second-order valence-electron chi connectivity index (χ2n) is 5.59. The maximum absolute atomic E-state index is 3.37. The molecule has 1 aliphatic heterocycles. The summed E-state index contributed by atoms with van der Waals surface area (Å²) >= 11 is 0. The quantitative estimate of drug-likeness (QED) is 0.711. The van der Waals surface area contributed by atoms with Crippen molar-refractivity contribution >= 4 is 0 Å². The molecule has 0 amide bonds. The first kappa shape index (κ1) is 9.47. The van der Waals surface area contributed by atoms with Gasteiger partial charge in [-0.1, -0.05) is 0 Å². The Hall–Kier alpha value is -0.0800. The van der Waals surface area contributed by atoms with Crippen molar-refractivity contribution in [3.8, 4) is 0 Å². The van der Waals surface area contributed by atoms with E-state index in [-0.39, 0.29) is 5.54 Å². The van der Waals surface area contributed by atoms with Gasteiger partial charge in [0.25, 0.3) is 0 Å². The first-order valence-electron chi connectivity index (χ1n) is 5.47. The Bertz CT molecular complexity index is 194. The largest absolute Gasteiger partial charge is 0.314 e. The van der Waals surface area contributed by atoms with Crippen molar-refractivity contribution in [2.75, 3.05) is 26.7 Å². The average Bonchev–Trinajstić information content (AvgIpc) is 2.69. The highest BCUT2D eigenvalue weighted by molar-refractivity contribution is 5.01. The molecule has 0 atom stereocenters. The molecule has 0 unspecified atom stereocenters. The molecule has 0 radical (unpaired) electrons. The van der Waals surface area contributed by atoms with Crippen LogP contribution in [0.25, 0.3) is 0 Å². The van der Waals surface area contributed by atoms with E-state index in [0.29, 0.717) is 0 Å². The molecule has 2 nitrogen and oxygen atoms in total. The van der Waals surface area contributed by atoms with Gasteiger partial charge in [-0.2, -0.15) is 0 Å². The van der Waals surface area contributed by atoms with E-state index in [0.717, 1.165) is 5.41 Å². The van der Waals surface area contributed by atoms with Crippen molar-refractivity contribution in [3.63, 3.8) is 0 Å². The highest BCUT2D eigenvalue weighted by atomic mass is 15.2. The Morgan fingerprint density at radius 3 is 2.46 bits per heavy atom. The number of rotatable bonds is 3. The third-order valence-electron chi connectivity index (χ3n) is 3.77. The first-order chi connectivity index (χ1) is 6.05. The van der Waals surface area contributed by atoms with Gasteiger partial charge in [0.1, 0.15) is 0 Å². The summed E-state index contributed by atoms with van der Waals surface area (Å²) in [7, 11) is 2.06. The smallest absolute Gasteiger partial charge is 0.0249 e. The summed E-state index contributed by atoms with van der Waals surface area (Å²) in [5.74, 6) is 0. The van der Waals surface area contributed by atoms with Crippen molar-refractivity contribution in [3.05, 3.63) is 0 Å². The standard InChI is InChI=1S/C11H22N2/c1-10(2,12-3)8-13-7-6-11(9-13)4-5-11/h12H,4-9H2,1-3H3. The second kappa shape index (κ2) is 2.96. The lowest BCUT2D eigenvalue weighted by atomic mass is 10.1. The Morgan fingerprint density at radius 2 is 2.00 bits per heavy atom. The molecule has 1 heterocycles. The summed E-state index contributed by atoms with van der Waals surface area (Å²) in [6, 6.07) is 0. The van der Waals surface area contributed by atoms with Gasteiger partial charge in [0.05, 0.1) is 0 Å². The second-order valence-corrected chi connectivity index (χ2v) is 5.59. The number of nitrogens with zero attached hydrogens (tertiary/aromatic N) is 1. The fourth-order valence-electron chi connectivity index (χ4n) is 2.39. The number of likely N-dealkylation sites (tertiary alicyclic amines) is 1. The normalized spacial score (nSPS) is 27.0. The molecule has 1 spiro atoms. The molecule has 2 aliphatic rings. The van der Waals surface area contributed by atoms with Crippen LogP contribution in [0, 0.1) is 5.41 Å². The molecule has 2 heteroatoms. The van der Waals surface area contributed by atoms with Crippen LogP contribution in [0.3, 0.4) is 0 Å². The van der Waals surface area contributed by atoms with Crippen LogP contribution in [0.15, 0.2) is 0 Å². The highest BCUT2D eigenvalue weighted by Crippen LogP contribution is 2.52. The first-order valence-corrected chi connectivity index (χ1v) is 5.47. The predicted octanol–water partition coefficient (Wildman–Crippen LogP) is 1.47. The molecule has 1 N–H and O–H groups in total. The van der Waals surface area contributed by atoms with E-state index < -0.39 is 0 Å². The molecule has 0 bridgehead atoms. The van der Waals surface area contributed by atoms with Gasteiger partial charge in [0.2, 0.25) is 0 Å². The molecular weight excluding hydrogens is 160 g/mol. The van der Waals surface area contributed by atoms with E-state index in [1.165, 1.54) is 38.9 Å². The minimum atomic E-state index is 0.278. The van der Waals surface area contributed by atoms with Crippen molar-refractivity contribution in [2.24, 2.45) is 5.41 Å². The molecule has 1 aliphatic carbocycles. The van der Waals surface area contributed by atoms with Crippen LogP contribution < -0.4 is 5.32 Å². The van der Waals surface area contributed by atoms with Crippen molar-refractivity contribution in [1.29, 1.82) is 0 Å². The van der Waals surface area contributed by atoms with Crippen molar-refractivity contribution in [2.45, 2.75) is 38.6 Å². The van der Waals surface area contributed by atoms with E-state index in [1.54, 1.807) is 0 Å². The third-order valence-corrected chi connectivity index (χ3v) is 3.77. The van der Waals surface area contributed by atoms with Gasteiger partial charge < -0.3 is 10.2 Å². The zero-order chi connectivity index (χ0) is 9.53. The summed E-state index contributed by atoms with van der Waals surface area (Å²) in [6.07, 6.45) is 4.43. The number of likely N-dealkylation sites (N-methyl/N-ethyl adjacent to an activating group) is 1. The average molecular weight is 182 g/mol. The van der Waals surface area contributed by atoms with E-state index in [2.05, 4.69) is 31.1 Å². The fourth-order valence-corrected chi connectivity index (χ4v) is 2.39. The Labute approximate surface area is 81.7 Å². The lowest BCUT2D eigenvalue weighted by Gasteiger charge is -2.29. The fraction of sp³-hybridized carbons (Fsp3) is 1.00. The molecular formula is C11H22N2. The number of hydrogen-bond donors (Lipinski definition) is 1. The van der Waals surface area contributed by atoms with Crippen LogP contribution in [0.1, 0.15) is 33.1 Å². The molecule has 13 heavy (non-hydrogen) atoms. The van der Waals surface area contributed by atoms with Crippen LogP contribution >= 0.6 is 0 Å². The summed E-state index contributed by atoms with van der Waals surface area (Å²) in [6.45, 7) is 8.45. The SMILES string of the molecule is CNC(C)(C)CN1CCC2(CC2)C1. The molecule has 2 fully saturated rings. The Balaban J connectivity index is 1.83.